The van der Waals surface area contributed by atoms with Gasteiger partial charge in [-0.2, -0.15) is 0 Å². The van der Waals surface area contributed by atoms with E-state index in [4.69, 9.17) is 5.41 Å². The summed E-state index contributed by atoms with van der Waals surface area (Å²) in [5, 5.41) is 8.02. The third-order valence-corrected chi connectivity index (χ3v) is 3.23. The van der Waals surface area contributed by atoms with Crippen LogP contribution in [0.1, 0.15) is 11.1 Å². The minimum absolute atomic E-state index is 0.00282. The Hall–Kier alpha value is -1.29. The maximum atomic E-state index is 11.6. The molecule has 0 aliphatic carbocycles. The van der Waals surface area contributed by atoms with Gasteiger partial charge in [-0.25, -0.2) is 0 Å². The third-order valence-electron chi connectivity index (χ3n) is 2.38. The van der Waals surface area contributed by atoms with Gasteiger partial charge in [-0.3, -0.25) is 15.1 Å². The number of amidine groups is 1. The number of amides is 1. The summed E-state index contributed by atoms with van der Waals surface area (Å²) in [6, 6.07) is 5.90. The zero-order chi connectivity index (χ0) is 11.0. The number of hydrogen-bond donors (Lipinski definition) is 1. The van der Waals surface area contributed by atoms with Crippen LogP contribution in [0.3, 0.4) is 0 Å². The van der Waals surface area contributed by atoms with Crippen LogP contribution in [-0.2, 0) is 4.79 Å². The summed E-state index contributed by atoms with van der Waals surface area (Å²) in [5.74, 6) is 0.378. The molecule has 1 amide bonds. The molecule has 1 heterocycles. The molecule has 0 radical (unpaired) electrons. The average molecular weight is 220 g/mol. The quantitative estimate of drug-likeness (QED) is 0.789. The molecule has 0 unspecified atom stereocenters. The lowest BCUT2D eigenvalue weighted by molar-refractivity contribution is -0.115. The van der Waals surface area contributed by atoms with Gasteiger partial charge in [-0.05, 0) is 25.5 Å². The minimum Gasteiger partial charge on any atom is -0.278 e. The van der Waals surface area contributed by atoms with Crippen LogP contribution in [0.2, 0.25) is 0 Å². The Morgan fingerprint density at radius 2 is 2.13 bits per heavy atom. The first-order valence-corrected chi connectivity index (χ1v) is 5.69. The monoisotopic (exact) mass is 220 g/mol. The van der Waals surface area contributed by atoms with Crippen molar-refractivity contribution in [3.63, 3.8) is 0 Å². The van der Waals surface area contributed by atoms with Crippen molar-refractivity contribution in [2.75, 3.05) is 10.7 Å². The number of benzene rings is 1. The van der Waals surface area contributed by atoms with Gasteiger partial charge >= 0.3 is 0 Å². The number of nitrogens with zero attached hydrogens (tertiary/aromatic N) is 1. The van der Waals surface area contributed by atoms with Crippen molar-refractivity contribution >= 4 is 28.5 Å². The van der Waals surface area contributed by atoms with Crippen molar-refractivity contribution in [3.8, 4) is 0 Å². The number of hydrogen-bond acceptors (Lipinski definition) is 3. The number of thioether (sulfide) groups is 1. The van der Waals surface area contributed by atoms with E-state index in [9.17, 15) is 4.79 Å². The van der Waals surface area contributed by atoms with Crippen molar-refractivity contribution in [2.45, 2.75) is 13.8 Å². The highest BCUT2D eigenvalue weighted by molar-refractivity contribution is 8.15. The summed E-state index contributed by atoms with van der Waals surface area (Å²) in [7, 11) is 0. The first-order valence-electron chi connectivity index (χ1n) is 4.71. The fourth-order valence-corrected chi connectivity index (χ4v) is 2.39. The van der Waals surface area contributed by atoms with E-state index in [0.717, 1.165) is 11.3 Å². The topological polar surface area (TPSA) is 44.2 Å². The normalized spacial score (nSPS) is 16.3. The molecule has 15 heavy (non-hydrogen) atoms. The van der Waals surface area contributed by atoms with Crippen LogP contribution < -0.4 is 4.90 Å². The Labute approximate surface area is 93.0 Å². The highest BCUT2D eigenvalue weighted by atomic mass is 32.2. The van der Waals surface area contributed by atoms with Gasteiger partial charge in [0.25, 0.3) is 0 Å². The standard InChI is InChI=1S/C11H12N2OS/c1-7-3-4-9(8(2)5-7)13-10(14)6-15-11(13)12/h3-5,12H,6H2,1-2H3. The van der Waals surface area contributed by atoms with Crippen LogP contribution in [0.15, 0.2) is 18.2 Å². The SMILES string of the molecule is Cc1ccc(N2C(=N)SCC2=O)c(C)c1. The molecular weight excluding hydrogens is 208 g/mol. The molecule has 1 saturated heterocycles. The van der Waals surface area contributed by atoms with Crippen molar-refractivity contribution in [2.24, 2.45) is 0 Å². The number of nitrogens with one attached hydrogen (secondary N) is 1. The van der Waals surface area contributed by atoms with E-state index >= 15 is 0 Å². The smallest absolute Gasteiger partial charge is 0.243 e. The average Bonchev–Trinajstić information content (AvgIpc) is 2.48. The summed E-state index contributed by atoms with van der Waals surface area (Å²) in [4.78, 5) is 13.1. The van der Waals surface area contributed by atoms with E-state index in [-0.39, 0.29) is 5.91 Å². The van der Waals surface area contributed by atoms with Gasteiger partial charge in [0, 0.05) is 0 Å². The second-order valence-corrected chi connectivity index (χ2v) is 4.58. The number of aryl methyl sites for hydroxylation is 2. The van der Waals surface area contributed by atoms with E-state index in [2.05, 4.69) is 0 Å². The molecule has 1 fully saturated rings. The highest BCUT2D eigenvalue weighted by Gasteiger charge is 2.29. The Bertz CT molecular complexity index is 426. The second-order valence-electron chi connectivity index (χ2n) is 3.61. The fourth-order valence-electron chi connectivity index (χ4n) is 1.67. The minimum atomic E-state index is -0.00282. The highest BCUT2D eigenvalue weighted by Crippen LogP contribution is 2.28. The second kappa shape index (κ2) is 3.70. The van der Waals surface area contributed by atoms with Crippen molar-refractivity contribution in [3.05, 3.63) is 29.3 Å². The van der Waals surface area contributed by atoms with Crippen LogP contribution in [0, 0.1) is 19.3 Å². The molecule has 0 aromatic heterocycles. The number of anilines is 1. The molecule has 0 spiro atoms. The molecular formula is C11H12N2OS. The van der Waals surface area contributed by atoms with Gasteiger partial charge in [-0.15, -0.1) is 0 Å². The van der Waals surface area contributed by atoms with Gasteiger partial charge in [0.05, 0.1) is 11.4 Å². The molecule has 1 aromatic rings. The summed E-state index contributed by atoms with van der Waals surface area (Å²) in [6.45, 7) is 3.98. The molecule has 0 saturated carbocycles. The molecule has 1 aromatic carbocycles. The van der Waals surface area contributed by atoms with Gasteiger partial charge in [0.15, 0.2) is 5.17 Å². The Morgan fingerprint density at radius 1 is 1.40 bits per heavy atom. The van der Waals surface area contributed by atoms with Crippen molar-refractivity contribution in [1.29, 1.82) is 5.41 Å². The van der Waals surface area contributed by atoms with Crippen LogP contribution >= 0.6 is 11.8 Å². The van der Waals surface area contributed by atoms with Crippen LogP contribution in [0.25, 0.3) is 0 Å². The van der Waals surface area contributed by atoms with Gasteiger partial charge in [-0.1, -0.05) is 29.5 Å². The predicted molar refractivity (Wildman–Crippen MR) is 63.6 cm³/mol. The van der Waals surface area contributed by atoms with Crippen LogP contribution in [0.4, 0.5) is 5.69 Å². The molecule has 2 rings (SSSR count). The Morgan fingerprint density at radius 3 is 2.67 bits per heavy atom. The van der Waals surface area contributed by atoms with Crippen molar-refractivity contribution < 1.29 is 4.79 Å². The molecule has 1 aliphatic heterocycles. The zero-order valence-corrected chi connectivity index (χ0v) is 9.52. The number of rotatable bonds is 1. The van der Waals surface area contributed by atoms with Crippen molar-refractivity contribution in [1.82, 2.24) is 0 Å². The van der Waals surface area contributed by atoms with E-state index in [0.29, 0.717) is 10.9 Å². The van der Waals surface area contributed by atoms with E-state index in [1.807, 2.05) is 32.0 Å². The molecule has 78 valence electrons. The maximum absolute atomic E-state index is 11.6. The first-order chi connectivity index (χ1) is 7.09. The fraction of sp³-hybridized carbons (Fsp3) is 0.273. The lowest BCUT2D eigenvalue weighted by Gasteiger charge is -2.17. The number of carbonyl (C=O) groups is 1. The first kappa shape index (κ1) is 10.2. The molecule has 0 atom stereocenters. The van der Waals surface area contributed by atoms with Gasteiger partial charge < -0.3 is 0 Å². The summed E-state index contributed by atoms with van der Waals surface area (Å²) < 4.78 is 0. The molecule has 4 heteroatoms. The zero-order valence-electron chi connectivity index (χ0n) is 8.70. The van der Waals surface area contributed by atoms with Crippen LogP contribution in [0.5, 0.6) is 0 Å². The van der Waals surface area contributed by atoms with Gasteiger partial charge in [0.1, 0.15) is 0 Å². The lowest BCUT2D eigenvalue weighted by atomic mass is 10.1. The molecule has 1 N–H and O–H groups in total. The lowest BCUT2D eigenvalue weighted by Crippen LogP contribution is -2.29. The van der Waals surface area contributed by atoms with Crippen LogP contribution in [-0.4, -0.2) is 16.8 Å². The molecule has 1 aliphatic rings. The maximum Gasteiger partial charge on any atom is 0.243 e. The summed E-state index contributed by atoms with van der Waals surface area (Å²) in [5.41, 5.74) is 3.04. The number of carbonyl (C=O) groups excluding carboxylic acids is 1. The van der Waals surface area contributed by atoms with E-state index in [1.54, 1.807) is 0 Å². The molecule has 3 nitrogen and oxygen atoms in total. The molecule has 0 bridgehead atoms. The summed E-state index contributed by atoms with van der Waals surface area (Å²) >= 11 is 1.28. The largest absolute Gasteiger partial charge is 0.278 e. The third kappa shape index (κ3) is 1.77. The Balaban J connectivity index is 2.45. The summed E-state index contributed by atoms with van der Waals surface area (Å²) in [6.07, 6.45) is 0. The Kier molecular flexibility index (Phi) is 2.52. The van der Waals surface area contributed by atoms with Gasteiger partial charge in [0.2, 0.25) is 5.91 Å². The van der Waals surface area contributed by atoms with E-state index in [1.165, 1.54) is 22.2 Å². The predicted octanol–water partition coefficient (Wildman–Crippen LogP) is 2.32. The van der Waals surface area contributed by atoms with E-state index < -0.39 is 0 Å².